The molecule has 4 rings (SSSR count). The molecule has 0 bridgehead atoms. The number of nitrogens with zero attached hydrogens (tertiary/aromatic N) is 5. The van der Waals surface area contributed by atoms with E-state index in [-0.39, 0.29) is 6.17 Å². The largest absolute Gasteiger partial charge is 0.378 e. The van der Waals surface area contributed by atoms with Gasteiger partial charge in [0.1, 0.15) is 18.2 Å². The standard InChI is InChI=1S/C12H16N8O/c1-3-21-4-2-20(1)12-18-9(8-5-16-17-7-13-8)10-11(19-12)15-6-14-10/h5,7,11,14-15H,1-4,6H2,(H,18,19). The van der Waals surface area contributed by atoms with Crippen LogP contribution in [0.4, 0.5) is 0 Å². The fourth-order valence-electron chi connectivity index (χ4n) is 2.62. The summed E-state index contributed by atoms with van der Waals surface area (Å²) in [7, 11) is 0. The van der Waals surface area contributed by atoms with E-state index in [1.165, 1.54) is 6.33 Å². The van der Waals surface area contributed by atoms with Crippen LogP contribution in [0.15, 0.2) is 23.2 Å². The minimum atomic E-state index is -0.0749. The van der Waals surface area contributed by atoms with Gasteiger partial charge in [-0.15, -0.1) is 5.10 Å². The quantitative estimate of drug-likeness (QED) is 0.563. The SMILES string of the molecule is c1nncc(C2=C3NCNC3N=C(N3CCOCC3)N2)n1. The monoisotopic (exact) mass is 288 g/mol. The Bertz CT molecular complexity index is 580. The molecule has 0 saturated carbocycles. The first-order valence-corrected chi connectivity index (χ1v) is 6.94. The molecule has 110 valence electrons. The number of aromatic nitrogens is 3. The number of aliphatic imine (C=N–C) groups is 1. The van der Waals surface area contributed by atoms with Gasteiger partial charge in [-0.2, -0.15) is 5.10 Å². The molecular formula is C12H16N8O. The third kappa shape index (κ3) is 2.30. The van der Waals surface area contributed by atoms with Crippen LogP contribution in [-0.2, 0) is 4.74 Å². The summed E-state index contributed by atoms with van der Waals surface area (Å²) in [5.74, 6) is 0.844. The van der Waals surface area contributed by atoms with Gasteiger partial charge in [-0.1, -0.05) is 0 Å². The molecule has 4 heterocycles. The molecule has 3 aliphatic heterocycles. The predicted octanol–water partition coefficient (Wildman–Crippen LogP) is -1.69. The van der Waals surface area contributed by atoms with E-state index < -0.39 is 0 Å². The molecule has 0 aliphatic carbocycles. The summed E-state index contributed by atoms with van der Waals surface area (Å²) in [6.45, 7) is 3.78. The summed E-state index contributed by atoms with van der Waals surface area (Å²) in [6.07, 6.45) is 3.02. The molecule has 1 unspecified atom stereocenters. The first kappa shape index (κ1) is 12.5. The number of guanidine groups is 1. The summed E-state index contributed by atoms with van der Waals surface area (Å²) < 4.78 is 5.39. The number of rotatable bonds is 1. The second-order valence-corrected chi connectivity index (χ2v) is 4.92. The molecule has 1 aromatic heterocycles. The molecule has 3 aliphatic rings. The molecule has 9 heteroatoms. The Morgan fingerprint density at radius 2 is 2.14 bits per heavy atom. The molecule has 1 aromatic rings. The van der Waals surface area contributed by atoms with Crippen molar-refractivity contribution < 1.29 is 4.74 Å². The van der Waals surface area contributed by atoms with Crippen LogP contribution in [0.5, 0.6) is 0 Å². The van der Waals surface area contributed by atoms with Gasteiger partial charge in [0, 0.05) is 13.1 Å². The van der Waals surface area contributed by atoms with Crippen LogP contribution >= 0.6 is 0 Å². The van der Waals surface area contributed by atoms with Crippen LogP contribution in [-0.4, -0.2) is 65.2 Å². The number of morpholine rings is 1. The molecule has 9 nitrogen and oxygen atoms in total. The molecule has 21 heavy (non-hydrogen) atoms. The van der Waals surface area contributed by atoms with Crippen molar-refractivity contribution in [1.29, 1.82) is 0 Å². The fourth-order valence-corrected chi connectivity index (χ4v) is 2.62. The van der Waals surface area contributed by atoms with Gasteiger partial charge in [0.25, 0.3) is 0 Å². The lowest BCUT2D eigenvalue weighted by atomic mass is 10.2. The predicted molar refractivity (Wildman–Crippen MR) is 74.6 cm³/mol. The number of fused-ring (bicyclic) bond motifs is 1. The van der Waals surface area contributed by atoms with E-state index in [9.17, 15) is 0 Å². The topological polar surface area (TPSA) is 99.6 Å². The van der Waals surface area contributed by atoms with Crippen LogP contribution in [0.1, 0.15) is 5.69 Å². The van der Waals surface area contributed by atoms with Crippen molar-refractivity contribution in [3.8, 4) is 0 Å². The Labute approximate surface area is 121 Å². The van der Waals surface area contributed by atoms with Crippen LogP contribution in [0.25, 0.3) is 5.70 Å². The molecule has 2 saturated heterocycles. The van der Waals surface area contributed by atoms with E-state index in [1.807, 2.05) is 0 Å². The second-order valence-electron chi connectivity index (χ2n) is 4.92. The molecular weight excluding hydrogens is 272 g/mol. The highest BCUT2D eigenvalue weighted by Gasteiger charge is 2.31. The van der Waals surface area contributed by atoms with Crippen LogP contribution in [0.3, 0.4) is 0 Å². The van der Waals surface area contributed by atoms with E-state index in [0.717, 1.165) is 49.4 Å². The maximum absolute atomic E-state index is 5.39. The van der Waals surface area contributed by atoms with Crippen molar-refractivity contribution in [2.45, 2.75) is 6.17 Å². The van der Waals surface area contributed by atoms with Crippen molar-refractivity contribution in [2.24, 2.45) is 4.99 Å². The number of ether oxygens (including phenoxy) is 1. The minimum Gasteiger partial charge on any atom is -0.378 e. The lowest BCUT2D eigenvalue weighted by Gasteiger charge is -2.33. The highest BCUT2D eigenvalue weighted by Crippen LogP contribution is 2.22. The average molecular weight is 288 g/mol. The number of nitrogens with one attached hydrogen (secondary N) is 3. The van der Waals surface area contributed by atoms with Crippen molar-refractivity contribution in [3.63, 3.8) is 0 Å². The molecule has 2 fully saturated rings. The maximum atomic E-state index is 5.39. The Morgan fingerprint density at radius 1 is 1.24 bits per heavy atom. The van der Waals surface area contributed by atoms with Crippen molar-refractivity contribution >= 4 is 11.7 Å². The van der Waals surface area contributed by atoms with Crippen molar-refractivity contribution in [1.82, 2.24) is 36.0 Å². The molecule has 1 atom stereocenters. The number of hydrogen-bond donors (Lipinski definition) is 3. The Hall–Kier alpha value is -2.26. The smallest absolute Gasteiger partial charge is 0.200 e. The summed E-state index contributed by atoms with van der Waals surface area (Å²) in [4.78, 5) is 11.2. The first-order chi connectivity index (χ1) is 10.4. The molecule has 0 spiro atoms. The van der Waals surface area contributed by atoms with Gasteiger partial charge in [-0.25, -0.2) is 9.98 Å². The minimum absolute atomic E-state index is 0.0749. The van der Waals surface area contributed by atoms with Gasteiger partial charge >= 0.3 is 0 Å². The summed E-state index contributed by atoms with van der Waals surface area (Å²) in [5, 5.41) is 17.6. The van der Waals surface area contributed by atoms with Crippen LogP contribution in [0, 0.1) is 0 Å². The summed E-state index contributed by atoms with van der Waals surface area (Å²) in [5.41, 5.74) is 2.64. The molecule has 0 aromatic carbocycles. The summed E-state index contributed by atoms with van der Waals surface area (Å²) in [6, 6.07) is 0. The lowest BCUT2D eigenvalue weighted by Crippen LogP contribution is -2.50. The van der Waals surface area contributed by atoms with E-state index in [0.29, 0.717) is 6.67 Å². The fraction of sp³-hybridized carbons (Fsp3) is 0.500. The zero-order chi connectivity index (χ0) is 14.1. The molecule has 0 radical (unpaired) electrons. The van der Waals surface area contributed by atoms with Gasteiger partial charge < -0.3 is 20.3 Å². The maximum Gasteiger partial charge on any atom is 0.200 e. The lowest BCUT2D eigenvalue weighted by molar-refractivity contribution is 0.0666. The zero-order valence-corrected chi connectivity index (χ0v) is 11.4. The molecule has 3 N–H and O–H groups in total. The third-order valence-corrected chi connectivity index (χ3v) is 3.67. The zero-order valence-electron chi connectivity index (χ0n) is 11.4. The van der Waals surface area contributed by atoms with Gasteiger partial charge in [-0.3, -0.25) is 5.32 Å². The Balaban J connectivity index is 1.66. The summed E-state index contributed by atoms with van der Waals surface area (Å²) >= 11 is 0. The van der Waals surface area contributed by atoms with Gasteiger partial charge in [0.05, 0.1) is 37.5 Å². The Morgan fingerprint density at radius 3 is 2.95 bits per heavy atom. The van der Waals surface area contributed by atoms with Gasteiger partial charge in [0.2, 0.25) is 5.96 Å². The van der Waals surface area contributed by atoms with E-state index in [1.54, 1.807) is 6.20 Å². The average Bonchev–Trinajstić information content (AvgIpc) is 3.04. The van der Waals surface area contributed by atoms with Crippen LogP contribution in [0.2, 0.25) is 0 Å². The number of hydrogen-bond acceptors (Lipinski definition) is 9. The highest BCUT2D eigenvalue weighted by molar-refractivity contribution is 5.92. The van der Waals surface area contributed by atoms with Crippen LogP contribution < -0.4 is 16.0 Å². The molecule has 0 amide bonds. The second kappa shape index (κ2) is 5.26. The van der Waals surface area contributed by atoms with Gasteiger partial charge in [0.15, 0.2) is 0 Å². The van der Waals surface area contributed by atoms with Crippen molar-refractivity contribution in [2.75, 3.05) is 33.0 Å². The van der Waals surface area contributed by atoms with E-state index in [4.69, 9.17) is 9.73 Å². The Kier molecular flexibility index (Phi) is 3.13. The van der Waals surface area contributed by atoms with Crippen molar-refractivity contribution in [3.05, 3.63) is 23.9 Å². The third-order valence-electron chi connectivity index (χ3n) is 3.67. The normalized spacial score (nSPS) is 25.0. The highest BCUT2D eigenvalue weighted by atomic mass is 16.5. The van der Waals surface area contributed by atoms with E-state index >= 15 is 0 Å². The first-order valence-electron chi connectivity index (χ1n) is 6.94. The van der Waals surface area contributed by atoms with E-state index in [2.05, 4.69) is 36.0 Å². The van der Waals surface area contributed by atoms with Gasteiger partial charge in [-0.05, 0) is 0 Å².